The van der Waals surface area contributed by atoms with Crippen molar-refractivity contribution in [2.45, 2.75) is 47.0 Å². The van der Waals surface area contributed by atoms with Crippen LogP contribution in [0.2, 0.25) is 0 Å². The molecule has 16 heavy (non-hydrogen) atoms. The minimum atomic E-state index is 0.350. The fourth-order valence-electron chi connectivity index (χ4n) is 1.82. The number of hydrogen-bond acceptors (Lipinski definition) is 1. The highest BCUT2D eigenvalue weighted by Crippen LogP contribution is 2.25. The third-order valence-electron chi connectivity index (χ3n) is 2.58. The molecule has 0 spiro atoms. The third-order valence-corrected chi connectivity index (χ3v) is 2.58. The summed E-state index contributed by atoms with van der Waals surface area (Å²) in [4.78, 5) is 0. The van der Waals surface area contributed by atoms with Gasteiger partial charge in [0, 0.05) is 12.2 Å². The van der Waals surface area contributed by atoms with Gasteiger partial charge in [-0.15, -0.1) is 0 Å². The van der Waals surface area contributed by atoms with E-state index in [4.69, 9.17) is 0 Å². The van der Waals surface area contributed by atoms with E-state index in [0.717, 1.165) is 13.0 Å². The number of nitrogens with one attached hydrogen (secondary N) is 1. The highest BCUT2D eigenvalue weighted by molar-refractivity contribution is 5.51. The molecule has 1 aromatic rings. The SMILES string of the molecule is CCCCNc1ccccc1CC(C)(C)C. The molecule has 0 fully saturated rings. The molecule has 0 saturated carbocycles. The molecule has 0 atom stereocenters. The highest BCUT2D eigenvalue weighted by Gasteiger charge is 2.13. The van der Waals surface area contributed by atoms with Crippen molar-refractivity contribution in [3.63, 3.8) is 0 Å². The lowest BCUT2D eigenvalue weighted by Crippen LogP contribution is -2.12. The Morgan fingerprint density at radius 1 is 1.12 bits per heavy atom. The predicted molar refractivity (Wildman–Crippen MR) is 73.0 cm³/mol. The molecule has 1 aromatic carbocycles. The van der Waals surface area contributed by atoms with Crippen LogP contribution < -0.4 is 5.32 Å². The maximum atomic E-state index is 3.54. The normalized spacial score (nSPS) is 11.5. The summed E-state index contributed by atoms with van der Waals surface area (Å²) in [6, 6.07) is 8.67. The van der Waals surface area contributed by atoms with Crippen molar-refractivity contribution in [3.8, 4) is 0 Å². The molecule has 1 heteroatoms. The molecule has 0 aliphatic rings. The molecule has 1 rings (SSSR count). The van der Waals surface area contributed by atoms with Crippen molar-refractivity contribution in [3.05, 3.63) is 29.8 Å². The Kier molecular flexibility index (Phi) is 4.85. The first kappa shape index (κ1) is 13.1. The Morgan fingerprint density at radius 2 is 1.81 bits per heavy atom. The molecule has 90 valence electrons. The van der Waals surface area contributed by atoms with E-state index in [1.807, 2.05) is 0 Å². The molecule has 1 N–H and O–H groups in total. The molecular formula is C15H25N. The molecule has 0 radical (unpaired) electrons. The van der Waals surface area contributed by atoms with Crippen LogP contribution in [0.4, 0.5) is 5.69 Å². The van der Waals surface area contributed by atoms with Crippen LogP contribution in [0.25, 0.3) is 0 Å². The topological polar surface area (TPSA) is 12.0 Å². The van der Waals surface area contributed by atoms with Crippen LogP contribution in [0, 0.1) is 5.41 Å². The summed E-state index contributed by atoms with van der Waals surface area (Å²) in [6.45, 7) is 10.2. The van der Waals surface area contributed by atoms with Crippen LogP contribution in [-0.4, -0.2) is 6.54 Å². The van der Waals surface area contributed by atoms with Gasteiger partial charge in [-0.1, -0.05) is 52.3 Å². The first-order chi connectivity index (χ1) is 7.53. The lowest BCUT2D eigenvalue weighted by atomic mass is 9.87. The standard InChI is InChI=1S/C15H25N/c1-5-6-11-16-14-10-8-7-9-13(14)12-15(2,3)4/h7-10,16H,5-6,11-12H2,1-4H3. The molecule has 0 unspecified atom stereocenters. The predicted octanol–water partition coefficient (Wildman–Crippen LogP) is 4.49. The van der Waals surface area contributed by atoms with Crippen LogP contribution in [0.1, 0.15) is 46.1 Å². The summed E-state index contributed by atoms with van der Waals surface area (Å²) in [5.74, 6) is 0. The minimum absolute atomic E-state index is 0.350. The van der Waals surface area contributed by atoms with Gasteiger partial charge in [-0.3, -0.25) is 0 Å². The number of rotatable bonds is 5. The van der Waals surface area contributed by atoms with Crippen LogP contribution in [0.3, 0.4) is 0 Å². The lowest BCUT2D eigenvalue weighted by Gasteiger charge is -2.21. The number of benzene rings is 1. The van der Waals surface area contributed by atoms with Gasteiger partial charge in [-0.05, 0) is 29.9 Å². The number of anilines is 1. The Bertz CT molecular complexity index is 309. The number of para-hydroxylation sites is 1. The van der Waals surface area contributed by atoms with Crippen molar-refractivity contribution >= 4 is 5.69 Å². The summed E-state index contributed by atoms with van der Waals surface area (Å²) in [7, 11) is 0. The van der Waals surface area contributed by atoms with Gasteiger partial charge in [0.2, 0.25) is 0 Å². The van der Waals surface area contributed by atoms with Crippen LogP contribution in [0.15, 0.2) is 24.3 Å². The van der Waals surface area contributed by atoms with Crippen molar-refractivity contribution in [1.29, 1.82) is 0 Å². The minimum Gasteiger partial charge on any atom is -0.385 e. The monoisotopic (exact) mass is 219 g/mol. The largest absolute Gasteiger partial charge is 0.385 e. The molecule has 0 bridgehead atoms. The van der Waals surface area contributed by atoms with Gasteiger partial charge in [-0.2, -0.15) is 0 Å². The average Bonchev–Trinajstić information content (AvgIpc) is 2.19. The van der Waals surface area contributed by atoms with Gasteiger partial charge in [0.1, 0.15) is 0 Å². The molecule has 0 amide bonds. The zero-order valence-electron chi connectivity index (χ0n) is 11.1. The molecule has 1 nitrogen and oxygen atoms in total. The van der Waals surface area contributed by atoms with Crippen molar-refractivity contribution in [1.82, 2.24) is 0 Å². The number of hydrogen-bond donors (Lipinski definition) is 1. The van der Waals surface area contributed by atoms with E-state index >= 15 is 0 Å². The van der Waals surface area contributed by atoms with E-state index in [-0.39, 0.29) is 0 Å². The average molecular weight is 219 g/mol. The Morgan fingerprint density at radius 3 is 2.44 bits per heavy atom. The van der Waals surface area contributed by atoms with Gasteiger partial charge in [0.25, 0.3) is 0 Å². The van der Waals surface area contributed by atoms with Crippen molar-refractivity contribution in [2.75, 3.05) is 11.9 Å². The second-order valence-electron chi connectivity index (χ2n) is 5.67. The Hall–Kier alpha value is -0.980. The van der Waals surface area contributed by atoms with Gasteiger partial charge in [-0.25, -0.2) is 0 Å². The Balaban J connectivity index is 2.68. The first-order valence-corrected chi connectivity index (χ1v) is 6.35. The fourth-order valence-corrected chi connectivity index (χ4v) is 1.82. The lowest BCUT2D eigenvalue weighted by molar-refractivity contribution is 0.411. The molecule has 0 aromatic heterocycles. The zero-order valence-corrected chi connectivity index (χ0v) is 11.1. The second kappa shape index (κ2) is 5.93. The quantitative estimate of drug-likeness (QED) is 0.720. The van der Waals surface area contributed by atoms with Crippen molar-refractivity contribution in [2.24, 2.45) is 5.41 Å². The van der Waals surface area contributed by atoms with Crippen LogP contribution >= 0.6 is 0 Å². The van der Waals surface area contributed by atoms with E-state index in [2.05, 4.69) is 57.3 Å². The van der Waals surface area contributed by atoms with E-state index in [1.165, 1.54) is 24.1 Å². The van der Waals surface area contributed by atoms with Crippen LogP contribution in [-0.2, 0) is 6.42 Å². The van der Waals surface area contributed by atoms with Crippen LogP contribution in [0.5, 0.6) is 0 Å². The van der Waals surface area contributed by atoms with Crippen molar-refractivity contribution < 1.29 is 0 Å². The molecule has 0 aliphatic carbocycles. The van der Waals surface area contributed by atoms with E-state index in [0.29, 0.717) is 5.41 Å². The summed E-state index contributed by atoms with van der Waals surface area (Å²) < 4.78 is 0. The third kappa shape index (κ3) is 4.69. The van der Waals surface area contributed by atoms with Gasteiger partial charge in [0.05, 0.1) is 0 Å². The summed E-state index contributed by atoms with van der Waals surface area (Å²) in [5.41, 5.74) is 3.10. The fraction of sp³-hybridized carbons (Fsp3) is 0.600. The van der Waals surface area contributed by atoms with Gasteiger partial charge >= 0.3 is 0 Å². The second-order valence-corrected chi connectivity index (χ2v) is 5.67. The smallest absolute Gasteiger partial charge is 0.0372 e. The summed E-state index contributed by atoms with van der Waals surface area (Å²) in [5, 5.41) is 3.54. The molecule has 0 saturated heterocycles. The first-order valence-electron chi connectivity index (χ1n) is 6.35. The molecule has 0 heterocycles. The highest BCUT2D eigenvalue weighted by atomic mass is 14.9. The zero-order chi connectivity index (χ0) is 12.0. The summed E-state index contributed by atoms with van der Waals surface area (Å²) in [6.07, 6.45) is 3.61. The maximum Gasteiger partial charge on any atom is 0.0372 e. The van der Waals surface area contributed by atoms with Gasteiger partial charge in [0.15, 0.2) is 0 Å². The van der Waals surface area contributed by atoms with Gasteiger partial charge < -0.3 is 5.32 Å². The maximum absolute atomic E-state index is 3.54. The molecular weight excluding hydrogens is 194 g/mol. The Labute approximate surface area is 100 Å². The van der Waals surface area contributed by atoms with E-state index in [1.54, 1.807) is 0 Å². The molecule has 0 aliphatic heterocycles. The number of unbranched alkanes of at least 4 members (excludes halogenated alkanes) is 1. The van der Waals surface area contributed by atoms with E-state index in [9.17, 15) is 0 Å². The van der Waals surface area contributed by atoms with E-state index < -0.39 is 0 Å². The summed E-state index contributed by atoms with van der Waals surface area (Å²) >= 11 is 0.